The minimum absolute atomic E-state index is 0.660. The van der Waals surface area contributed by atoms with Gasteiger partial charge in [-0.05, 0) is 56.5 Å². The molecule has 1 aliphatic heterocycles. The molecule has 3 heterocycles. The van der Waals surface area contributed by atoms with Crippen LogP contribution < -0.4 is 0 Å². The second kappa shape index (κ2) is 6.46. The van der Waals surface area contributed by atoms with E-state index in [0.29, 0.717) is 5.92 Å². The third-order valence-electron chi connectivity index (χ3n) is 5.67. The molecule has 1 saturated carbocycles. The third-order valence-corrected chi connectivity index (χ3v) is 6.85. The number of aromatic nitrogens is 3. The Hall–Kier alpha value is -1.85. The van der Waals surface area contributed by atoms with Crippen LogP contribution in [0, 0.1) is 0 Å². The largest absolute Gasteiger partial charge is 0.300 e. The molecule has 128 valence electrons. The van der Waals surface area contributed by atoms with E-state index in [1.807, 2.05) is 23.7 Å². The fourth-order valence-corrected chi connectivity index (χ4v) is 5.25. The normalized spacial score (nSPS) is 24.3. The number of piperidine rings is 1. The molecule has 5 heteroatoms. The van der Waals surface area contributed by atoms with Crippen LogP contribution in [0.25, 0.3) is 21.3 Å². The summed E-state index contributed by atoms with van der Waals surface area (Å²) >= 11 is 1.87. The Kier molecular flexibility index (Phi) is 3.98. The number of benzene rings is 1. The highest BCUT2D eigenvalue weighted by Crippen LogP contribution is 2.43. The maximum Gasteiger partial charge on any atom is 0.115 e. The van der Waals surface area contributed by atoms with Crippen molar-refractivity contribution in [1.29, 1.82) is 0 Å². The number of nitrogens with zero attached hydrogens (tertiary/aromatic N) is 4. The summed E-state index contributed by atoms with van der Waals surface area (Å²) in [5, 5.41) is 1.32. The number of rotatable bonds is 3. The number of hydrogen-bond acceptors (Lipinski definition) is 5. The Balaban J connectivity index is 1.33. The third kappa shape index (κ3) is 2.96. The average molecular weight is 350 g/mol. The SMILES string of the molecule is c1ncc(-c2ccc3nc([C@H]4C[C@H](N5CCCCC5)C4)sc3c2)cn1. The van der Waals surface area contributed by atoms with Crippen molar-refractivity contribution in [1.82, 2.24) is 19.9 Å². The van der Waals surface area contributed by atoms with Crippen LogP contribution in [0.4, 0.5) is 0 Å². The molecule has 0 spiro atoms. The van der Waals surface area contributed by atoms with Crippen LogP contribution in [0.2, 0.25) is 0 Å². The second-order valence-electron chi connectivity index (χ2n) is 7.28. The molecule has 0 unspecified atom stereocenters. The molecule has 0 N–H and O–H groups in total. The number of hydrogen-bond donors (Lipinski definition) is 0. The van der Waals surface area contributed by atoms with Crippen molar-refractivity contribution in [3.63, 3.8) is 0 Å². The summed E-state index contributed by atoms with van der Waals surface area (Å²) in [4.78, 5) is 15.9. The molecule has 1 aromatic carbocycles. The first kappa shape index (κ1) is 15.4. The predicted molar refractivity (Wildman–Crippen MR) is 102 cm³/mol. The lowest BCUT2D eigenvalue weighted by atomic mass is 9.79. The van der Waals surface area contributed by atoms with Crippen molar-refractivity contribution < 1.29 is 0 Å². The van der Waals surface area contributed by atoms with E-state index < -0.39 is 0 Å². The lowest BCUT2D eigenvalue weighted by Gasteiger charge is -2.43. The molecule has 25 heavy (non-hydrogen) atoms. The average Bonchev–Trinajstić information content (AvgIpc) is 3.04. The van der Waals surface area contributed by atoms with Crippen LogP contribution in [0.1, 0.15) is 43.0 Å². The molecular formula is C20H22N4S. The molecule has 0 bridgehead atoms. The van der Waals surface area contributed by atoms with Crippen molar-refractivity contribution in [2.24, 2.45) is 0 Å². The van der Waals surface area contributed by atoms with Crippen LogP contribution >= 0.6 is 11.3 Å². The fraction of sp³-hybridized carbons (Fsp3) is 0.450. The first-order chi connectivity index (χ1) is 12.4. The van der Waals surface area contributed by atoms with Crippen molar-refractivity contribution in [2.45, 2.75) is 44.1 Å². The van der Waals surface area contributed by atoms with Gasteiger partial charge in [0.25, 0.3) is 0 Å². The zero-order valence-corrected chi connectivity index (χ0v) is 15.1. The van der Waals surface area contributed by atoms with Gasteiger partial charge in [0.15, 0.2) is 0 Å². The van der Waals surface area contributed by atoms with Crippen LogP contribution in [0.3, 0.4) is 0 Å². The number of likely N-dealkylation sites (tertiary alicyclic amines) is 1. The summed E-state index contributed by atoms with van der Waals surface area (Å²) in [6.07, 6.45) is 12.1. The van der Waals surface area contributed by atoms with E-state index in [9.17, 15) is 0 Å². The monoisotopic (exact) mass is 350 g/mol. The molecular weight excluding hydrogens is 328 g/mol. The van der Waals surface area contributed by atoms with Crippen molar-refractivity contribution in [3.05, 3.63) is 41.9 Å². The molecule has 3 aromatic rings. The van der Waals surface area contributed by atoms with Gasteiger partial charge in [-0.25, -0.2) is 15.0 Å². The van der Waals surface area contributed by atoms with E-state index in [2.05, 4.69) is 33.1 Å². The van der Waals surface area contributed by atoms with E-state index in [1.54, 1.807) is 6.33 Å². The van der Waals surface area contributed by atoms with Gasteiger partial charge in [-0.3, -0.25) is 0 Å². The molecule has 1 saturated heterocycles. The highest BCUT2D eigenvalue weighted by atomic mass is 32.1. The van der Waals surface area contributed by atoms with Gasteiger partial charge in [0.1, 0.15) is 6.33 Å². The molecule has 5 rings (SSSR count). The fourth-order valence-electron chi connectivity index (χ4n) is 4.12. The highest BCUT2D eigenvalue weighted by Gasteiger charge is 2.36. The van der Waals surface area contributed by atoms with Crippen LogP contribution in [0.15, 0.2) is 36.9 Å². The summed E-state index contributed by atoms with van der Waals surface area (Å²) in [5.74, 6) is 0.660. The first-order valence-electron chi connectivity index (χ1n) is 9.27. The molecule has 2 aromatic heterocycles. The summed E-state index contributed by atoms with van der Waals surface area (Å²) in [6, 6.07) is 7.30. The summed E-state index contributed by atoms with van der Waals surface area (Å²) in [7, 11) is 0. The Bertz CT molecular complexity index is 864. The first-order valence-corrected chi connectivity index (χ1v) is 10.1. The smallest absolute Gasteiger partial charge is 0.115 e. The Labute approximate surface area is 152 Å². The van der Waals surface area contributed by atoms with Gasteiger partial charge >= 0.3 is 0 Å². The van der Waals surface area contributed by atoms with E-state index in [-0.39, 0.29) is 0 Å². The predicted octanol–water partition coefficient (Wildman–Crippen LogP) is 4.49. The van der Waals surface area contributed by atoms with Gasteiger partial charge in [-0.1, -0.05) is 12.5 Å². The molecule has 2 aliphatic rings. The molecule has 4 nitrogen and oxygen atoms in total. The zero-order valence-electron chi connectivity index (χ0n) is 14.3. The van der Waals surface area contributed by atoms with Crippen molar-refractivity contribution in [3.8, 4) is 11.1 Å². The van der Waals surface area contributed by atoms with E-state index in [1.165, 1.54) is 60.5 Å². The van der Waals surface area contributed by atoms with Crippen molar-refractivity contribution >= 4 is 21.6 Å². The highest BCUT2D eigenvalue weighted by molar-refractivity contribution is 7.18. The van der Waals surface area contributed by atoms with Crippen LogP contribution in [-0.2, 0) is 0 Å². The van der Waals surface area contributed by atoms with Gasteiger partial charge in [0, 0.05) is 29.9 Å². The Morgan fingerprint density at radius 2 is 1.76 bits per heavy atom. The minimum atomic E-state index is 0.660. The molecule has 2 fully saturated rings. The van der Waals surface area contributed by atoms with Gasteiger partial charge in [-0.2, -0.15) is 0 Å². The lowest BCUT2D eigenvalue weighted by Crippen LogP contribution is -2.46. The van der Waals surface area contributed by atoms with E-state index in [4.69, 9.17) is 4.98 Å². The Morgan fingerprint density at radius 3 is 2.56 bits per heavy atom. The summed E-state index contributed by atoms with van der Waals surface area (Å²) in [6.45, 7) is 2.61. The van der Waals surface area contributed by atoms with Gasteiger partial charge in [-0.15, -0.1) is 11.3 Å². The number of thiazole rings is 1. The maximum absolute atomic E-state index is 4.92. The molecule has 0 amide bonds. The molecule has 0 atom stereocenters. The zero-order chi connectivity index (χ0) is 16.6. The standard InChI is InChI=1S/C20H22N4S/c1-2-6-24(7-3-1)17-8-15(9-17)20-23-18-5-4-14(10-19(18)25-20)16-11-21-13-22-12-16/h4-5,10-13,15,17H,1-3,6-9H2/t15-,17-. The van der Waals surface area contributed by atoms with Crippen molar-refractivity contribution in [2.75, 3.05) is 13.1 Å². The van der Waals surface area contributed by atoms with Crippen LogP contribution in [-0.4, -0.2) is 39.0 Å². The molecule has 1 aliphatic carbocycles. The maximum atomic E-state index is 4.92. The van der Waals surface area contributed by atoms with Gasteiger partial charge in [0.2, 0.25) is 0 Å². The Morgan fingerprint density at radius 1 is 0.960 bits per heavy atom. The van der Waals surface area contributed by atoms with E-state index in [0.717, 1.165) is 17.1 Å². The van der Waals surface area contributed by atoms with Gasteiger partial charge in [0.05, 0.1) is 15.2 Å². The van der Waals surface area contributed by atoms with E-state index >= 15 is 0 Å². The quantitative estimate of drug-likeness (QED) is 0.698. The minimum Gasteiger partial charge on any atom is -0.300 e. The summed E-state index contributed by atoms with van der Waals surface area (Å²) in [5.41, 5.74) is 3.36. The summed E-state index contributed by atoms with van der Waals surface area (Å²) < 4.78 is 1.28. The molecule has 0 radical (unpaired) electrons. The topological polar surface area (TPSA) is 41.9 Å². The second-order valence-corrected chi connectivity index (χ2v) is 8.34. The van der Waals surface area contributed by atoms with Gasteiger partial charge < -0.3 is 4.90 Å². The lowest BCUT2D eigenvalue weighted by molar-refractivity contribution is 0.0888. The number of fused-ring (bicyclic) bond motifs is 1. The van der Waals surface area contributed by atoms with Crippen LogP contribution in [0.5, 0.6) is 0 Å².